The van der Waals surface area contributed by atoms with Crippen LogP contribution in [0.2, 0.25) is 5.02 Å². The van der Waals surface area contributed by atoms with Crippen molar-refractivity contribution in [2.45, 2.75) is 13.5 Å². The second-order valence-electron chi connectivity index (χ2n) is 3.80. The van der Waals surface area contributed by atoms with Gasteiger partial charge >= 0.3 is 0 Å². The van der Waals surface area contributed by atoms with Crippen LogP contribution in [0.4, 0.5) is 0 Å². The number of benzene rings is 1. The Hall–Kier alpha value is -1.38. The molecule has 1 aromatic carbocycles. The van der Waals surface area contributed by atoms with Crippen molar-refractivity contribution in [2.75, 3.05) is 6.54 Å². The lowest BCUT2D eigenvalue weighted by molar-refractivity contribution is 0.727. The molecule has 17 heavy (non-hydrogen) atoms. The van der Waals surface area contributed by atoms with E-state index < -0.39 is 0 Å². The van der Waals surface area contributed by atoms with Gasteiger partial charge in [-0.25, -0.2) is 0 Å². The maximum absolute atomic E-state index is 6.25. The molecule has 1 heterocycles. The maximum atomic E-state index is 6.25. The van der Waals surface area contributed by atoms with E-state index in [9.17, 15) is 0 Å². The van der Waals surface area contributed by atoms with Crippen molar-refractivity contribution < 1.29 is 0 Å². The fourth-order valence-corrected chi connectivity index (χ4v) is 1.89. The smallest absolute Gasteiger partial charge is 0.0702 e. The van der Waals surface area contributed by atoms with Crippen molar-refractivity contribution >= 4 is 11.6 Å². The van der Waals surface area contributed by atoms with E-state index in [2.05, 4.69) is 29.4 Å². The molecule has 0 spiro atoms. The summed E-state index contributed by atoms with van der Waals surface area (Å²) in [5, 5.41) is 4.05. The average molecular weight is 247 g/mol. The van der Waals surface area contributed by atoms with Crippen LogP contribution in [0, 0.1) is 0 Å². The summed E-state index contributed by atoms with van der Waals surface area (Å²) in [6.07, 6.45) is 1.79. The van der Waals surface area contributed by atoms with Crippen molar-refractivity contribution in [2.24, 2.45) is 0 Å². The zero-order chi connectivity index (χ0) is 12.1. The number of aromatic nitrogens is 1. The molecule has 1 aromatic heterocycles. The standard InChI is InChI=1S/C14H15ClN2/c1-2-16-10-12-7-6-11(9-13(12)15)14-5-3-4-8-17-14/h3-9,16H,2,10H2,1H3. The fraction of sp³-hybridized carbons (Fsp3) is 0.214. The number of nitrogens with one attached hydrogen (secondary N) is 1. The second kappa shape index (κ2) is 5.80. The SMILES string of the molecule is CCNCc1ccc(-c2ccccn2)cc1Cl. The highest BCUT2D eigenvalue weighted by Gasteiger charge is 2.03. The molecule has 88 valence electrons. The van der Waals surface area contributed by atoms with E-state index in [1.165, 1.54) is 0 Å². The van der Waals surface area contributed by atoms with Crippen LogP contribution in [0.25, 0.3) is 11.3 Å². The Morgan fingerprint density at radius 1 is 1.24 bits per heavy atom. The Morgan fingerprint density at radius 3 is 2.76 bits per heavy atom. The Kier molecular flexibility index (Phi) is 4.13. The fourth-order valence-electron chi connectivity index (χ4n) is 1.64. The van der Waals surface area contributed by atoms with Crippen LogP contribution in [0.5, 0.6) is 0 Å². The molecular weight excluding hydrogens is 232 g/mol. The van der Waals surface area contributed by atoms with Crippen LogP contribution >= 0.6 is 11.6 Å². The molecule has 2 aromatic rings. The largest absolute Gasteiger partial charge is 0.313 e. The summed E-state index contributed by atoms with van der Waals surface area (Å²) in [6.45, 7) is 3.83. The molecule has 0 unspecified atom stereocenters. The van der Waals surface area contributed by atoms with E-state index in [-0.39, 0.29) is 0 Å². The van der Waals surface area contributed by atoms with Crippen molar-refractivity contribution in [3.8, 4) is 11.3 Å². The summed E-state index contributed by atoms with van der Waals surface area (Å²) in [5.41, 5.74) is 3.12. The number of pyridine rings is 1. The van der Waals surface area contributed by atoms with Crippen molar-refractivity contribution in [1.29, 1.82) is 0 Å². The topological polar surface area (TPSA) is 24.9 Å². The number of halogens is 1. The first-order chi connectivity index (χ1) is 8.31. The molecule has 0 bridgehead atoms. The van der Waals surface area contributed by atoms with Gasteiger partial charge in [-0.2, -0.15) is 0 Å². The van der Waals surface area contributed by atoms with Gasteiger partial charge in [0.1, 0.15) is 0 Å². The first-order valence-electron chi connectivity index (χ1n) is 5.72. The van der Waals surface area contributed by atoms with Gasteiger partial charge in [0.25, 0.3) is 0 Å². The maximum Gasteiger partial charge on any atom is 0.0702 e. The highest BCUT2D eigenvalue weighted by molar-refractivity contribution is 6.31. The summed E-state index contributed by atoms with van der Waals surface area (Å²) < 4.78 is 0. The van der Waals surface area contributed by atoms with E-state index in [4.69, 9.17) is 11.6 Å². The van der Waals surface area contributed by atoms with Crippen LogP contribution in [0.3, 0.4) is 0 Å². The minimum atomic E-state index is 0.786. The number of rotatable bonds is 4. The lowest BCUT2D eigenvalue weighted by Gasteiger charge is -2.07. The normalized spacial score (nSPS) is 10.5. The predicted molar refractivity (Wildman–Crippen MR) is 72.1 cm³/mol. The highest BCUT2D eigenvalue weighted by atomic mass is 35.5. The molecule has 3 heteroatoms. The first-order valence-corrected chi connectivity index (χ1v) is 6.09. The molecule has 0 aliphatic rings. The molecule has 1 N–H and O–H groups in total. The monoisotopic (exact) mass is 246 g/mol. The summed E-state index contributed by atoms with van der Waals surface area (Å²) >= 11 is 6.25. The van der Waals surface area contributed by atoms with E-state index in [1.807, 2.05) is 24.3 Å². The molecule has 0 aliphatic carbocycles. The van der Waals surface area contributed by atoms with Gasteiger partial charge in [-0.15, -0.1) is 0 Å². The summed E-state index contributed by atoms with van der Waals surface area (Å²) in [4.78, 5) is 4.31. The zero-order valence-electron chi connectivity index (χ0n) is 9.78. The van der Waals surface area contributed by atoms with Crippen molar-refractivity contribution in [3.05, 3.63) is 53.2 Å². The quantitative estimate of drug-likeness (QED) is 0.893. The Balaban J connectivity index is 2.25. The van der Waals surface area contributed by atoms with Gasteiger partial charge < -0.3 is 5.32 Å². The van der Waals surface area contributed by atoms with Gasteiger partial charge in [0, 0.05) is 23.3 Å². The molecule has 0 saturated heterocycles. The lowest BCUT2D eigenvalue weighted by atomic mass is 10.1. The first kappa shape index (κ1) is 12.1. The van der Waals surface area contributed by atoms with Crippen LogP contribution in [-0.4, -0.2) is 11.5 Å². The molecule has 0 atom stereocenters. The Morgan fingerprint density at radius 2 is 2.12 bits per heavy atom. The molecule has 0 radical (unpaired) electrons. The zero-order valence-corrected chi connectivity index (χ0v) is 10.5. The highest BCUT2D eigenvalue weighted by Crippen LogP contribution is 2.24. The third-order valence-electron chi connectivity index (χ3n) is 2.58. The number of nitrogens with zero attached hydrogens (tertiary/aromatic N) is 1. The van der Waals surface area contributed by atoms with Crippen molar-refractivity contribution in [3.63, 3.8) is 0 Å². The van der Waals surface area contributed by atoms with E-state index >= 15 is 0 Å². The van der Waals surface area contributed by atoms with Crippen LogP contribution in [0.15, 0.2) is 42.6 Å². The van der Waals surface area contributed by atoms with E-state index in [0.717, 1.165) is 34.9 Å². The summed E-state index contributed by atoms with van der Waals surface area (Å²) in [7, 11) is 0. The third kappa shape index (κ3) is 3.05. The van der Waals surface area contributed by atoms with Gasteiger partial charge in [-0.1, -0.05) is 36.7 Å². The van der Waals surface area contributed by atoms with Gasteiger partial charge in [0.2, 0.25) is 0 Å². The van der Waals surface area contributed by atoms with Crippen LogP contribution < -0.4 is 5.32 Å². The summed E-state index contributed by atoms with van der Waals surface area (Å²) in [6, 6.07) is 11.9. The third-order valence-corrected chi connectivity index (χ3v) is 2.93. The predicted octanol–water partition coefficient (Wildman–Crippen LogP) is 3.51. The molecular formula is C14H15ClN2. The van der Waals surface area contributed by atoms with Gasteiger partial charge in [0.05, 0.1) is 5.69 Å². The molecule has 0 saturated carbocycles. The Bertz CT molecular complexity index is 483. The van der Waals surface area contributed by atoms with E-state index in [0.29, 0.717) is 0 Å². The van der Waals surface area contributed by atoms with E-state index in [1.54, 1.807) is 6.20 Å². The lowest BCUT2D eigenvalue weighted by Crippen LogP contribution is -2.11. The summed E-state index contributed by atoms with van der Waals surface area (Å²) in [5.74, 6) is 0. The molecule has 2 rings (SSSR count). The van der Waals surface area contributed by atoms with Gasteiger partial charge in [-0.3, -0.25) is 4.98 Å². The van der Waals surface area contributed by atoms with Gasteiger partial charge in [0.15, 0.2) is 0 Å². The average Bonchev–Trinajstić information content (AvgIpc) is 2.38. The molecule has 0 aliphatic heterocycles. The minimum absolute atomic E-state index is 0.786. The Labute approximate surface area is 107 Å². The van der Waals surface area contributed by atoms with Crippen molar-refractivity contribution in [1.82, 2.24) is 10.3 Å². The second-order valence-corrected chi connectivity index (χ2v) is 4.21. The number of hydrogen-bond acceptors (Lipinski definition) is 2. The van der Waals surface area contributed by atoms with Gasteiger partial charge in [-0.05, 0) is 30.3 Å². The van der Waals surface area contributed by atoms with Crippen LogP contribution in [-0.2, 0) is 6.54 Å². The molecule has 0 amide bonds. The molecule has 0 fully saturated rings. The van der Waals surface area contributed by atoms with Crippen LogP contribution in [0.1, 0.15) is 12.5 Å². The number of hydrogen-bond donors (Lipinski definition) is 1. The molecule has 2 nitrogen and oxygen atoms in total. The minimum Gasteiger partial charge on any atom is -0.313 e.